The summed E-state index contributed by atoms with van der Waals surface area (Å²) in [4.78, 5) is 13.9. The summed E-state index contributed by atoms with van der Waals surface area (Å²) < 4.78 is 1.42. The molecule has 0 aliphatic carbocycles. The van der Waals surface area contributed by atoms with Gasteiger partial charge in [0.25, 0.3) is 0 Å². The minimum Gasteiger partial charge on any atom is -0.312 e. The van der Waals surface area contributed by atoms with Gasteiger partial charge >= 0.3 is 5.69 Å². The molecular formula is C11H9N3O. The van der Waals surface area contributed by atoms with Gasteiger partial charge < -0.3 is 4.98 Å². The van der Waals surface area contributed by atoms with E-state index in [1.165, 1.54) is 4.57 Å². The predicted molar refractivity (Wildman–Crippen MR) is 55.8 cm³/mol. The highest BCUT2D eigenvalue weighted by Gasteiger charge is 2.07. The van der Waals surface area contributed by atoms with Crippen molar-refractivity contribution in [1.29, 1.82) is 5.26 Å². The highest BCUT2D eigenvalue weighted by atomic mass is 16.1. The lowest BCUT2D eigenvalue weighted by Crippen LogP contribution is -2.15. The van der Waals surface area contributed by atoms with E-state index in [2.05, 4.69) is 11.1 Å². The van der Waals surface area contributed by atoms with E-state index in [0.29, 0.717) is 11.3 Å². The van der Waals surface area contributed by atoms with Gasteiger partial charge in [-0.25, -0.2) is 4.79 Å². The molecule has 4 nitrogen and oxygen atoms in total. The molecule has 0 saturated heterocycles. The maximum absolute atomic E-state index is 11.4. The summed E-state index contributed by atoms with van der Waals surface area (Å²) in [5.74, 6) is 0. The molecule has 0 saturated carbocycles. The Kier molecular flexibility index (Phi) is 2.14. The second kappa shape index (κ2) is 3.46. The van der Waals surface area contributed by atoms with Crippen LogP contribution in [-0.2, 0) is 0 Å². The van der Waals surface area contributed by atoms with E-state index < -0.39 is 0 Å². The number of H-pyrrole nitrogens is 1. The number of aromatic nitrogens is 2. The molecule has 2 aromatic rings. The van der Waals surface area contributed by atoms with Crippen LogP contribution in [0.4, 0.5) is 0 Å². The van der Waals surface area contributed by atoms with Gasteiger partial charge in [0.1, 0.15) is 6.07 Å². The Morgan fingerprint density at radius 1 is 1.47 bits per heavy atom. The molecule has 0 aliphatic heterocycles. The third-order valence-electron chi connectivity index (χ3n) is 2.27. The van der Waals surface area contributed by atoms with E-state index in [0.717, 1.165) is 5.56 Å². The Bertz CT molecular complexity index is 586. The van der Waals surface area contributed by atoms with Crippen LogP contribution < -0.4 is 5.69 Å². The number of aryl methyl sites for hydroxylation is 1. The maximum atomic E-state index is 11.4. The lowest BCUT2D eigenvalue weighted by Gasteiger charge is -2.05. The fraction of sp³-hybridized carbons (Fsp3) is 0.0909. The van der Waals surface area contributed by atoms with E-state index >= 15 is 0 Å². The predicted octanol–water partition coefficient (Wildman–Crippen LogP) is 1.35. The highest BCUT2D eigenvalue weighted by molar-refractivity contribution is 5.52. The molecule has 0 amide bonds. The van der Waals surface area contributed by atoms with Gasteiger partial charge in [-0.3, -0.25) is 4.57 Å². The molecular weight excluding hydrogens is 190 g/mol. The van der Waals surface area contributed by atoms with Crippen LogP contribution in [0.1, 0.15) is 11.1 Å². The Morgan fingerprint density at radius 2 is 2.27 bits per heavy atom. The number of nitrogens with zero attached hydrogens (tertiary/aromatic N) is 2. The van der Waals surface area contributed by atoms with E-state index in [9.17, 15) is 4.79 Å². The fourth-order valence-corrected chi connectivity index (χ4v) is 1.51. The summed E-state index contributed by atoms with van der Waals surface area (Å²) in [6.45, 7) is 1.85. The van der Waals surface area contributed by atoms with Crippen molar-refractivity contribution in [2.45, 2.75) is 6.92 Å². The van der Waals surface area contributed by atoms with Gasteiger partial charge in [-0.15, -0.1) is 0 Å². The fourth-order valence-electron chi connectivity index (χ4n) is 1.51. The molecule has 1 heterocycles. The van der Waals surface area contributed by atoms with E-state index in [4.69, 9.17) is 5.26 Å². The first-order valence-electron chi connectivity index (χ1n) is 4.50. The van der Waals surface area contributed by atoms with Crippen molar-refractivity contribution in [2.75, 3.05) is 0 Å². The van der Waals surface area contributed by atoms with Crippen molar-refractivity contribution in [3.8, 4) is 11.8 Å². The van der Waals surface area contributed by atoms with Crippen molar-refractivity contribution < 1.29 is 0 Å². The van der Waals surface area contributed by atoms with Crippen LogP contribution >= 0.6 is 0 Å². The summed E-state index contributed by atoms with van der Waals surface area (Å²) in [5, 5.41) is 9.01. The van der Waals surface area contributed by atoms with Gasteiger partial charge in [0.05, 0.1) is 11.3 Å². The Hall–Kier alpha value is -2.28. The third kappa shape index (κ3) is 1.44. The largest absolute Gasteiger partial charge is 0.330 e. The number of imidazole rings is 1. The number of benzene rings is 1. The van der Waals surface area contributed by atoms with Crippen molar-refractivity contribution in [1.82, 2.24) is 9.55 Å². The first kappa shape index (κ1) is 9.28. The van der Waals surface area contributed by atoms with Gasteiger partial charge in [0.2, 0.25) is 0 Å². The molecule has 1 aromatic carbocycles. The number of nitriles is 1. The monoisotopic (exact) mass is 199 g/mol. The number of aromatic amines is 1. The highest BCUT2D eigenvalue weighted by Crippen LogP contribution is 2.15. The third-order valence-corrected chi connectivity index (χ3v) is 2.27. The minimum absolute atomic E-state index is 0.239. The first-order valence-corrected chi connectivity index (χ1v) is 4.50. The molecule has 0 fully saturated rings. The lowest BCUT2D eigenvalue weighted by molar-refractivity contribution is 0.979. The van der Waals surface area contributed by atoms with Crippen LogP contribution in [0.25, 0.3) is 5.69 Å². The molecule has 4 heteroatoms. The topological polar surface area (TPSA) is 61.6 Å². The van der Waals surface area contributed by atoms with Crippen LogP contribution in [0.5, 0.6) is 0 Å². The van der Waals surface area contributed by atoms with E-state index in [-0.39, 0.29) is 5.69 Å². The summed E-state index contributed by atoms with van der Waals surface area (Å²) in [5.41, 5.74) is 1.77. The van der Waals surface area contributed by atoms with Crippen LogP contribution in [-0.4, -0.2) is 9.55 Å². The number of hydrogen-bond acceptors (Lipinski definition) is 2. The molecule has 0 spiro atoms. The number of nitrogens with one attached hydrogen (secondary N) is 1. The van der Waals surface area contributed by atoms with Gasteiger partial charge in [-0.05, 0) is 18.6 Å². The molecule has 1 aromatic heterocycles. The Labute approximate surface area is 86.4 Å². The molecule has 2 rings (SSSR count). The second-order valence-electron chi connectivity index (χ2n) is 3.22. The molecule has 0 aliphatic rings. The zero-order chi connectivity index (χ0) is 10.8. The summed E-state index contributed by atoms with van der Waals surface area (Å²) in [6.07, 6.45) is 3.16. The van der Waals surface area contributed by atoms with Gasteiger partial charge in [-0.1, -0.05) is 12.1 Å². The Balaban J connectivity index is 2.75. The van der Waals surface area contributed by atoms with E-state index in [1.807, 2.05) is 19.1 Å². The Morgan fingerprint density at radius 3 is 2.87 bits per heavy atom. The zero-order valence-electron chi connectivity index (χ0n) is 8.19. The van der Waals surface area contributed by atoms with Crippen molar-refractivity contribution in [2.24, 2.45) is 0 Å². The first-order chi connectivity index (χ1) is 7.24. The summed E-state index contributed by atoms with van der Waals surface area (Å²) in [7, 11) is 0. The molecule has 15 heavy (non-hydrogen) atoms. The number of hydrogen-bond donors (Lipinski definition) is 1. The normalized spacial score (nSPS) is 9.87. The second-order valence-corrected chi connectivity index (χ2v) is 3.22. The lowest BCUT2D eigenvalue weighted by atomic mass is 10.1. The van der Waals surface area contributed by atoms with Crippen molar-refractivity contribution in [3.63, 3.8) is 0 Å². The van der Waals surface area contributed by atoms with Crippen LogP contribution in [0.2, 0.25) is 0 Å². The minimum atomic E-state index is -0.239. The standard InChI is InChI=1S/C11H9N3O/c1-8-3-2-4-10(9(8)7-12)14-6-5-13-11(14)15/h2-6H,1H3,(H,13,15). The zero-order valence-corrected chi connectivity index (χ0v) is 8.19. The smallest absolute Gasteiger partial charge is 0.312 e. The SMILES string of the molecule is Cc1cccc(-n2cc[nH]c2=O)c1C#N. The summed E-state index contributed by atoms with van der Waals surface area (Å²) in [6, 6.07) is 7.53. The van der Waals surface area contributed by atoms with Gasteiger partial charge in [-0.2, -0.15) is 5.26 Å². The van der Waals surface area contributed by atoms with Crippen LogP contribution in [0, 0.1) is 18.3 Å². The van der Waals surface area contributed by atoms with E-state index in [1.54, 1.807) is 18.5 Å². The molecule has 0 radical (unpaired) electrons. The molecule has 0 atom stereocenters. The van der Waals surface area contributed by atoms with Crippen LogP contribution in [0.3, 0.4) is 0 Å². The summed E-state index contributed by atoms with van der Waals surface area (Å²) >= 11 is 0. The van der Waals surface area contributed by atoms with Crippen molar-refractivity contribution in [3.05, 3.63) is 52.2 Å². The van der Waals surface area contributed by atoms with Crippen LogP contribution in [0.15, 0.2) is 35.4 Å². The van der Waals surface area contributed by atoms with Gasteiger partial charge in [0.15, 0.2) is 0 Å². The maximum Gasteiger partial charge on any atom is 0.330 e. The van der Waals surface area contributed by atoms with Crippen molar-refractivity contribution >= 4 is 0 Å². The average Bonchev–Trinajstić information content (AvgIpc) is 2.64. The molecule has 0 unspecified atom stereocenters. The average molecular weight is 199 g/mol. The molecule has 0 bridgehead atoms. The quantitative estimate of drug-likeness (QED) is 0.753. The van der Waals surface area contributed by atoms with Gasteiger partial charge in [0, 0.05) is 12.4 Å². The molecule has 1 N–H and O–H groups in total. The molecule has 74 valence electrons. The number of rotatable bonds is 1.